The molecule has 1 amide bonds. The second-order valence-electron chi connectivity index (χ2n) is 4.23. The monoisotopic (exact) mass is 237 g/mol. The molecule has 1 aromatic rings. The summed E-state index contributed by atoms with van der Waals surface area (Å²) in [5.41, 5.74) is 12.3. The summed E-state index contributed by atoms with van der Waals surface area (Å²) < 4.78 is 5.11. The summed E-state index contributed by atoms with van der Waals surface area (Å²) in [4.78, 5) is 11.3. The second kappa shape index (κ2) is 5.43. The molecule has 0 aliphatic carbocycles. The minimum absolute atomic E-state index is 0.107. The second-order valence-corrected chi connectivity index (χ2v) is 4.23. The van der Waals surface area contributed by atoms with E-state index in [1.807, 2.05) is 13.8 Å². The van der Waals surface area contributed by atoms with Crippen LogP contribution in [-0.2, 0) is 4.79 Å². The van der Waals surface area contributed by atoms with E-state index < -0.39 is 6.04 Å². The smallest absolute Gasteiger partial charge is 0.240 e. The van der Waals surface area contributed by atoms with Gasteiger partial charge in [-0.2, -0.15) is 0 Å². The summed E-state index contributed by atoms with van der Waals surface area (Å²) in [5.74, 6) is 0.300. The Kier molecular flexibility index (Phi) is 4.20. The molecule has 94 valence electrons. The Bertz CT molecular complexity index is 405. The molecule has 5 N–H and O–H groups in total. The Morgan fingerprint density at radius 1 is 1.41 bits per heavy atom. The number of nitrogen functional groups attached to an aromatic ring is 1. The van der Waals surface area contributed by atoms with Crippen molar-refractivity contribution in [2.24, 2.45) is 11.7 Å². The normalized spacial score (nSPS) is 12.2. The number of nitrogens with two attached hydrogens (primary N) is 2. The fourth-order valence-electron chi connectivity index (χ4n) is 1.55. The first kappa shape index (κ1) is 13.2. The number of amides is 1. The van der Waals surface area contributed by atoms with E-state index in [9.17, 15) is 4.79 Å². The number of ether oxygens (including phenoxy) is 1. The maximum atomic E-state index is 11.3. The summed E-state index contributed by atoms with van der Waals surface area (Å²) in [6.45, 7) is 3.86. The van der Waals surface area contributed by atoms with E-state index in [4.69, 9.17) is 16.2 Å². The zero-order chi connectivity index (χ0) is 13.0. The molecule has 0 bridgehead atoms. The maximum absolute atomic E-state index is 11.3. The summed E-state index contributed by atoms with van der Waals surface area (Å²) >= 11 is 0. The van der Waals surface area contributed by atoms with E-state index in [1.54, 1.807) is 25.3 Å². The molecule has 0 fully saturated rings. The van der Waals surface area contributed by atoms with Gasteiger partial charge in [0.05, 0.1) is 12.8 Å². The van der Waals surface area contributed by atoms with Gasteiger partial charge in [0.15, 0.2) is 0 Å². The van der Waals surface area contributed by atoms with Crippen LogP contribution in [0.5, 0.6) is 5.75 Å². The van der Waals surface area contributed by atoms with Crippen LogP contribution in [0.1, 0.15) is 13.8 Å². The molecule has 0 spiro atoms. The molecule has 1 aromatic carbocycles. The number of hydrogen-bond acceptors (Lipinski definition) is 4. The number of rotatable bonds is 5. The molecule has 1 rings (SSSR count). The largest absolute Gasteiger partial charge is 0.495 e. The van der Waals surface area contributed by atoms with Crippen LogP contribution in [0.25, 0.3) is 0 Å². The van der Waals surface area contributed by atoms with Gasteiger partial charge in [0.25, 0.3) is 0 Å². The summed E-state index contributed by atoms with van der Waals surface area (Å²) in [6, 6.07) is 4.84. The number of carbonyl (C=O) groups excluding carboxylic acids is 1. The lowest BCUT2D eigenvalue weighted by atomic mass is 10.0. The number of methoxy groups -OCH3 is 1. The van der Waals surface area contributed by atoms with Crippen LogP contribution in [0.4, 0.5) is 11.4 Å². The van der Waals surface area contributed by atoms with E-state index in [2.05, 4.69) is 5.32 Å². The number of benzene rings is 1. The molecule has 0 aliphatic heterocycles. The van der Waals surface area contributed by atoms with Gasteiger partial charge in [-0.3, -0.25) is 4.79 Å². The number of anilines is 2. The molecule has 1 unspecified atom stereocenters. The number of hydrogen-bond donors (Lipinski definition) is 3. The van der Waals surface area contributed by atoms with Crippen molar-refractivity contribution >= 4 is 17.3 Å². The summed E-state index contributed by atoms with van der Waals surface area (Å²) in [5, 5.41) is 3.07. The lowest BCUT2D eigenvalue weighted by Crippen LogP contribution is -2.39. The Labute approximate surface area is 101 Å². The molecule has 5 nitrogen and oxygen atoms in total. The third-order valence-corrected chi connectivity index (χ3v) is 2.53. The molecule has 0 radical (unpaired) electrons. The molecule has 0 saturated carbocycles. The van der Waals surface area contributed by atoms with Crippen LogP contribution in [-0.4, -0.2) is 19.1 Å². The van der Waals surface area contributed by atoms with Crippen LogP contribution >= 0.6 is 0 Å². The van der Waals surface area contributed by atoms with E-state index in [0.29, 0.717) is 11.4 Å². The molecule has 0 heterocycles. The zero-order valence-electron chi connectivity index (χ0n) is 10.4. The number of carbonyl (C=O) groups is 1. The number of primary amides is 1. The van der Waals surface area contributed by atoms with Crippen LogP contribution in [0, 0.1) is 5.92 Å². The van der Waals surface area contributed by atoms with Gasteiger partial charge >= 0.3 is 0 Å². The maximum Gasteiger partial charge on any atom is 0.240 e. The first-order valence-corrected chi connectivity index (χ1v) is 5.45. The van der Waals surface area contributed by atoms with Crippen LogP contribution in [0.2, 0.25) is 0 Å². The number of nitrogens with one attached hydrogen (secondary N) is 1. The van der Waals surface area contributed by atoms with Crippen molar-refractivity contribution in [3.8, 4) is 5.75 Å². The van der Waals surface area contributed by atoms with Crippen molar-refractivity contribution in [2.45, 2.75) is 19.9 Å². The summed E-state index contributed by atoms with van der Waals surface area (Å²) in [6.07, 6.45) is 0. The molecule has 5 heteroatoms. The SMILES string of the molecule is COc1cc(NC(C(N)=O)C(C)C)ccc1N. The van der Waals surface area contributed by atoms with Gasteiger partial charge in [0, 0.05) is 11.8 Å². The van der Waals surface area contributed by atoms with Gasteiger partial charge in [0.2, 0.25) is 5.91 Å². The molecule has 0 aliphatic rings. The highest BCUT2D eigenvalue weighted by Crippen LogP contribution is 2.25. The van der Waals surface area contributed by atoms with Crippen LogP contribution < -0.4 is 21.5 Å². The summed E-state index contributed by atoms with van der Waals surface area (Å²) in [7, 11) is 1.55. The van der Waals surface area contributed by atoms with Crippen LogP contribution in [0.15, 0.2) is 18.2 Å². The van der Waals surface area contributed by atoms with Crippen molar-refractivity contribution in [3.05, 3.63) is 18.2 Å². The Morgan fingerprint density at radius 2 is 2.06 bits per heavy atom. The quantitative estimate of drug-likeness (QED) is 0.671. The van der Waals surface area contributed by atoms with Crippen LogP contribution in [0.3, 0.4) is 0 Å². The van der Waals surface area contributed by atoms with Gasteiger partial charge in [-0.1, -0.05) is 13.8 Å². The fourth-order valence-corrected chi connectivity index (χ4v) is 1.55. The first-order chi connectivity index (χ1) is 7.95. The van der Waals surface area contributed by atoms with E-state index in [0.717, 1.165) is 5.69 Å². The predicted octanol–water partition coefficient (Wildman–Crippen LogP) is 1.20. The fraction of sp³-hybridized carbons (Fsp3) is 0.417. The van der Waals surface area contributed by atoms with Gasteiger partial charge in [-0.05, 0) is 18.1 Å². The molecule has 0 aromatic heterocycles. The Morgan fingerprint density at radius 3 is 2.53 bits per heavy atom. The van der Waals surface area contributed by atoms with Crippen molar-refractivity contribution in [2.75, 3.05) is 18.2 Å². The lowest BCUT2D eigenvalue weighted by molar-refractivity contribution is -0.119. The zero-order valence-corrected chi connectivity index (χ0v) is 10.4. The minimum Gasteiger partial charge on any atom is -0.495 e. The van der Waals surface area contributed by atoms with Gasteiger partial charge in [-0.25, -0.2) is 0 Å². The first-order valence-electron chi connectivity index (χ1n) is 5.45. The average Bonchev–Trinajstić information content (AvgIpc) is 2.26. The Balaban J connectivity index is 2.90. The van der Waals surface area contributed by atoms with E-state index >= 15 is 0 Å². The third-order valence-electron chi connectivity index (χ3n) is 2.53. The molecular formula is C12H19N3O2. The molecular weight excluding hydrogens is 218 g/mol. The average molecular weight is 237 g/mol. The third kappa shape index (κ3) is 3.27. The predicted molar refractivity (Wildman–Crippen MR) is 68.8 cm³/mol. The van der Waals surface area contributed by atoms with Gasteiger partial charge in [-0.15, -0.1) is 0 Å². The van der Waals surface area contributed by atoms with Gasteiger partial charge < -0.3 is 21.5 Å². The van der Waals surface area contributed by atoms with Crippen molar-refractivity contribution in [1.82, 2.24) is 0 Å². The lowest BCUT2D eigenvalue weighted by Gasteiger charge is -2.20. The molecule has 1 atom stereocenters. The highest BCUT2D eigenvalue weighted by Gasteiger charge is 2.19. The van der Waals surface area contributed by atoms with Crippen molar-refractivity contribution < 1.29 is 9.53 Å². The molecule has 0 saturated heterocycles. The van der Waals surface area contributed by atoms with E-state index in [1.165, 1.54) is 0 Å². The topological polar surface area (TPSA) is 90.4 Å². The standard InChI is InChI=1S/C12H19N3O2/c1-7(2)11(12(14)16)15-8-4-5-9(13)10(6-8)17-3/h4-7,11,15H,13H2,1-3H3,(H2,14,16). The highest BCUT2D eigenvalue weighted by atomic mass is 16.5. The highest BCUT2D eigenvalue weighted by molar-refractivity contribution is 5.83. The molecule has 17 heavy (non-hydrogen) atoms. The van der Waals surface area contributed by atoms with Gasteiger partial charge in [0.1, 0.15) is 11.8 Å². The van der Waals surface area contributed by atoms with E-state index in [-0.39, 0.29) is 11.8 Å². The minimum atomic E-state index is -0.414. The Hall–Kier alpha value is -1.91. The van der Waals surface area contributed by atoms with Crippen molar-refractivity contribution in [3.63, 3.8) is 0 Å². The van der Waals surface area contributed by atoms with Crippen molar-refractivity contribution in [1.29, 1.82) is 0 Å².